The average molecular weight is 479 g/mol. The van der Waals surface area contributed by atoms with Crippen molar-refractivity contribution in [3.05, 3.63) is 59.7 Å². The Kier molecular flexibility index (Phi) is 8.06. The summed E-state index contributed by atoms with van der Waals surface area (Å²) in [6, 6.07) is 16.5. The van der Waals surface area contributed by atoms with Gasteiger partial charge in [0.2, 0.25) is 5.91 Å². The molecular weight excluding hydrogens is 444 g/mol. The number of aliphatic carboxylic acids is 1. The Morgan fingerprint density at radius 1 is 1.09 bits per heavy atom. The number of amides is 2. The van der Waals surface area contributed by atoms with E-state index in [-0.39, 0.29) is 36.8 Å². The highest BCUT2D eigenvalue weighted by atomic mass is 16.5. The molecule has 0 radical (unpaired) electrons. The summed E-state index contributed by atoms with van der Waals surface area (Å²) in [7, 11) is 0. The average Bonchev–Trinajstić information content (AvgIpc) is 3.46. The number of ether oxygens (including phenoxy) is 1. The number of nitrogens with one attached hydrogen (secondary N) is 1. The van der Waals surface area contributed by atoms with Gasteiger partial charge in [0.15, 0.2) is 0 Å². The van der Waals surface area contributed by atoms with Gasteiger partial charge in [-0.3, -0.25) is 9.59 Å². The first-order valence-corrected chi connectivity index (χ1v) is 12.6. The summed E-state index contributed by atoms with van der Waals surface area (Å²) in [6.45, 7) is 3.33. The van der Waals surface area contributed by atoms with E-state index < -0.39 is 12.1 Å². The highest BCUT2D eigenvalue weighted by molar-refractivity contribution is 5.80. The van der Waals surface area contributed by atoms with Crippen LogP contribution in [0.1, 0.15) is 62.5 Å². The molecule has 0 spiro atoms. The Morgan fingerprint density at radius 2 is 1.74 bits per heavy atom. The fraction of sp³-hybridized carbons (Fsp3) is 0.464. The largest absolute Gasteiger partial charge is 0.481 e. The number of nitrogens with zero attached hydrogens (tertiary/aromatic N) is 1. The summed E-state index contributed by atoms with van der Waals surface area (Å²) >= 11 is 0. The molecule has 2 amide bonds. The molecule has 2 N–H and O–H groups in total. The van der Waals surface area contributed by atoms with Crippen LogP contribution in [0.2, 0.25) is 0 Å². The molecule has 1 fully saturated rings. The van der Waals surface area contributed by atoms with Crippen LogP contribution in [0.15, 0.2) is 48.5 Å². The SMILES string of the molecule is CC(CCCNC(=O)OCC1c2ccccc2-c2ccccc21)C(=O)N1CCCC1CCC(=O)O. The van der Waals surface area contributed by atoms with Gasteiger partial charge in [0.25, 0.3) is 0 Å². The van der Waals surface area contributed by atoms with Gasteiger partial charge in [-0.05, 0) is 54.4 Å². The lowest BCUT2D eigenvalue weighted by molar-refractivity contribution is -0.140. The number of carboxylic acids is 1. The molecule has 2 aromatic rings. The van der Waals surface area contributed by atoms with Gasteiger partial charge in [-0.25, -0.2) is 4.79 Å². The predicted octanol–water partition coefficient (Wildman–Crippen LogP) is 4.80. The number of carbonyl (C=O) groups excluding carboxylic acids is 2. The van der Waals surface area contributed by atoms with Gasteiger partial charge in [-0.15, -0.1) is 0 Å². The monoisotopic (exact) mass is 478 g/mol. The van der Waals surface area contributed by atoms with Crippen molar-refractivity contribution >= 4 is 18.0 Å². The lowest BCUT2D eigenvalue weighted by Gasteiger charge is -2.27. The maximum Gasteiger partial charge on any atom is 0.407 e. The van der Waals surface area contributed by atoms with Gasteiger partial charge in [0.05, 0.1) is 0 Å². The van der Waals surface area contributed by atoms with Crippen LogP contribution in [0.4, 0.5) is 4.79 Å². The van der Waals surface area contributed by atoms with Crippen LogP contribution < -0.4 is 5.32 Å². The molecule has 0 bridgehead atoms. The molecule has 2 atom stereocenters. The summed E-state index contributed by atoms with van der Waals surface area (Å²) < 4.78 is 5.56. The number of benzene rings is 2. The fourth-order valence-electron chi connectivity index (χ4n) is 5.37. The lowest BCUT2D eigenvalue weighted by Crippen LogP contribution is -2.39. The molecule has 0 aromatic heterocycles. The summed E-state index contributed by atoms with van der Waals surface area (Å²) in [5, 5.41) is 11.7. The van der Waals surface area contributed by atoms with Crippen molar-refractivity contribution in [1.29, 1.82) is 0 Å². The molecule has 2 aliphatic rings. The maximum atomic E-state index is 12.8. The molecule has 0 saturated carbocycles. The third-order valence-corrected chi connectivity index (χ3v) is 7.20. The smallest absolute Gasteiger partial charge is 0.407 e. The summed E-state index contributed by atoms with van der Waals surface area (Å²) in [4.78, 5) is 37.9. The second kappa shape index (κ2) is 11.4. The molecule has 1 aliphatic carbocycles. The van der Waals surface area contributed by atoms with Gasteiger partial charge in [0.1, 0.15) is 6.61 Å². The quantitative estimate of drug-likeness (QED) is 0.479. The maximum absolute atomic E-state index is 12.8. The molecule has 35 heavy (non-hydrogen) atoms. The first-order valence-electron chi connectivity index (χ1n) is 12.6. The van der Waals surface area contributed by atoms with E-state index in [0.29, 0.717) is 32.4 Å². The minimum atomic E-state index is -0.823. The molecule has 1 saturated heterocycles. The highest BCUT2D eigenvalue weighted by Gasteiger charge is 2.31. The summed E-state index contributed by atoms with van der Waals surface area (Å²) in [6.07, 6.45) is 3.28. The van der Waals surface area contributed by atoms with Gasteiger partial charge in [-0.2, -0.15) is 0 Å². The van der Waals surface area contributed by atoms with Crippen LogP contribution >= 0.6 is 0 Å². The molecule has 4 rings (SSSR count). The van der Waals surface area contributed by atoms with E-state index in [1.54, 1.807) is 0 Å². The van der Waals surface area contributed by atoms with Crippen molar-refractivity contribution in [3.63, 3.8) is 0 Å². The highest BCUT2D eigenvalue weighted by Crippen LogP contribution is 2.44. The van der Waals surface area contributed by atoms with Crippen LogP contribution in [0.25, 0.3) is 11.1 Å². The van der Waals surface area contributed by atoms with E-state index in [1.165, 1.54) is 22.3 Å². The number of rotatable bonds is 10. The Labute approximate surface area is 206 Å². The molecule has 2 unspecified atom stereocenters. The normalized spacial score (nSPS) is 17.5. The first-order chi connectivity index (χ1) is 17.0. The second-order valence-electron chi connectivity index (χ2n) is 9.56. The molecular formula is C28H34N2O5. The number of fused-ring (bicyclic) bond motifs is 3. The van der Waals surface area contributed by atoms with Crippen LogP contribution in [0.3, 0.4) is 0 Å². The van der Waals surface area contributed by atoms with Crippen LogP contribution in [0, 0.1) is 5.92 Å². The molecule has 1 aliphatic heterocycles. The molecule has 2 aromatic carbocycles. The van der Waals surface area contributed by atoms with Crippen molar-refractivity contribution < 1.29 is 24.2 Å². The number of likely N-dealkylation sites (tertiary alicyclic amines) is 1. The Morgan fingerprint density at radius 3 is 2.40 bits per heavy atom. The van der Waals surface area contributed by atoms with Crippen molar-refractivity contribution in [1.82, 2.24) is 10.2 Å². The Hall–Kier alpha value is -3.35. The van der Waals surface area contributed by atoms with E-state index in [4.69, 9.17) is 9.84 Å². The summed E-state index contributed by atoms with van der Waals surface area (Å²) in [5.74, 6) is -0.874. The third kappa shape index (κ3) is 5.84. The predicted molar refractivity (Wildman–Crippen MR) is 133 cm³/mol. The van der Waals surface area contributed by atoms with Crippen LogP contribution in [-0.2, 0) is 14.3 Å². The fourth-order valence-corrected chi connectivity index (χ4v) is 5.37. The minimum absolute atomic E-state index is 0.0278. The van der Waals surface area contributed by atoms with Crippen LogP contribution in [0.5, 0.6) is 0 Å². The molecule has 186 valence electrons. The number of carbonyl (C=O) groups is 3. The topological polar surface area (TPSA) is 95.9 Å². The molecule has 1 heterocycles. The van der Waals surface area contributed by atoms with E-state index in [9.17, 15) is 14.4 Å². The van der Waals surface area contributed by atoms with Gasteiger partial charge in [-0.1, -0.05) is 55.5 Å². The lowest BCUT2D eigenvalue weighted by atomic mass is 9.98. The number of hydrogen-bond acceptors (Lipinski definition) is 4. The third-order valence-electron chi connectivity index (χ3n) is 7.20. The molecule has 7 nitrogen and oxygen atoms in total. The van der Waals surface area contributed by atoms with E-state index in [0.717, 1.165) is 12.8 Å². The van der Waals surface area contributed by atoms with Crippen molar-refractivity contribution in [3.8, 4) is 11.1 Å². The van der Waals surface area contributed by atoms with Crippen molar-refractivity contribution in [2.75, 3.05) is 19.7 Å². The van der Waals surface area contributed by atoms with Gasteiger partial charge >= 0.3 is 12.1 Å². The zero-order valence-electron chi connectivity index (χ0n) is 20.2. The number of carboxylic acid groups (broad SMARTS) is 1. The number of alkyl carbamates (subject to hydrolysis) is 1. The minimum Gasteiger partial charge on any atom is -0.481 e. The zero-order chi connectivity index (χ0) is 24.8. The standard InChI is InChI=1S/C28H34N2O5/c1-19(27(33)30-17-7-9-20(30)14-15-26(31)32)8-6-16-29-28(34)35-18-25-23-12-4-2-10-21(23)22-11-3-5-13-24(22)25/h2-5,10-13,19-20,25H,6-9,14-18H2,1H3,(H,29,34)(H,31,32). The van der Waals surface area contributed by atoms with Gasteiger partial charge < -0.3 is 20.1 Å². The van der Waals surface area contributed by atoms with Gasteiger partial charge in [0, 0.05) is 37.4 Å². The Bertz CT molecular complexity index is 1020. The van der Waals surface area contributed by atoms with Crippen molar-refractivity contribution in [2.45, 2.75) is 57.4 Å². The Balaban J connectivity index is 1.19. The van der Waals surface area contributed by atoms with E-state index in [2.05, 4.69) is 29.6 Å². The second-order valence-corrected chi connectivity index (χ2v) is 9.56. The van der Waals surface area contributed by atoms with E-state index in [1.807, 2.05) is 36.1 Å². The number of hydrogen-bond donors (Lipinski definition) is 2. The van der Waals surface area contributed by atoms with E-state index >= 15 is 0 Å². The molecule has 7 heteroatoms. The van der Waals surface area contributed by atoms with Crippen molar-refractivity contribution in [2.24, 2.45) is 5.92 Å². The zero-order valence-corrected chi connectivity index (χ0v) is 20.2. The summed E-state index contributed by atoms with van der Waals surface area (Å²) in [5.41, 5.74) is 4.74. The first kappa shape index (κ1) is 24.8. The van der Waals surface area contributed by atoms with Crippen LogP contribution in [-0.4, -0.2) is 53.7 Å².